The van der Waals surface area contributed by atoms with E-state index in [-0.39, 0.29) is 11.8 Å². The molecule has 0 unspecified atom stereocenters. The molecule has 2 aromatic rings. The van der Waals surface area contributed by atoms with E-state index in [4.69, 9.17) is 0 Å². The number of carbonyl (C=O) groups is 2. The Morgan fingerprint density at radius 1 is 0.875 bits per heavy atom. The van der Waals surface area contributed by atoms with Gasteiger partial charge in [0.1, 0.15) is 0 Å². The predicted molar refractivity (Wildman–Crippen MR) is 95.5 cm³/mol. The maximum atomic E-state index is 12.0. The highest BCUT2D eigenvalue weighted by molar-refractivity contribution is 5.95. The molecule has 0 saturated heterocycles. The van der Waals surface area contributed by atoms with Crippen molar-refractivity contribution in [2.75, 3.05) is 0 Å². The average molecular weight is 324 g/mol. The molecule has 0 aliphatic carbocycles. The van der Waals surface area contributed by atoms with Gasteiger partial charge in [0.25, 0.3) is 5.91 Å². The molecule has 2 amide bonds. The first-order valence-corrected chi connectivity index (χ1v) is 8.32. The van der Waals surface area contributed by atoms with Crippen LogP contribution < -0.4 is 10.9 Å². The van der Waals surface area contributed by atoms with Crippen LogP contribution in [0.1, 0.15) is 46.8 Å². The van der Waals surface area contributed by atoms with Crippen molar-refractivity contribution >= 4 is 11.8 Å². The van der Waals surface area contributed by atoms with Crippen LogP contribution in [0.3, 0.4) is 0 Å². The molecule has 0 bridgehead atoms. The number of nitrogens with one attached hydrogen (secondary N) is 2. The maximum Gasteiger partial charge on any atom is 0.269 e. The van der Waals surface area contributed by atoms with E-state index < -0.39 is 0 Å². The molecule has 24 heavy (non-hydrogen) atoms. The fraction of sp³-hybridized carbons (Fsp3) is 0.300. The molecule has 0 atom stereocenters. The van der Waals surface area contributed by atoms with Gasteiger partial charge in [0, 0.05) is 12.0 Å². The van der Waals surface area contributed by atoms with Gasteiger partial charge in [0.15, 0.2) is 0 Å². The SMILES string of the molecule is CCc1ccc(C(=O)NNC(=O)CCCc2ccc(C)cc2)cc1. The van der Waals surface area contributed by atoms with Gasteiger partial charge in [0.2, 0.25) is 5.91 Å². The Balaban J connectivity index is 1.70. The fourth-order valence-electron chi connectivity index (χ4n) is 2.36. The fourth-order valence-corrected chi connectivity index (χ4v) is 2.36. The Bertz CT molecular complexity index is 676. The summed E-state index contributed by atoms with van der Waals surface area (Å²) in [7, 11) is 0. The molecular weight excluding hydrogens is 300 g/mol. The summed E-state index contributed by atoms with van der Waals surface area (Å²) >= 11 is 0. The number of hydrogen-bond acceptors (Lipinski definition) is 2. The summed E-state index contributed by atoms with van der Waals surface area (Å²) in [5.74, 6) is -0.481. The number of aryl methyl sites for hydroxylation is 3. The summed E-state index contributed by atoms with van der Waals surface area (Å²) < 4.78 is 0. The van der Waals surface area contributed by atoms with Gasteiger partial charge in [-0.15, -0.1) is 0 Å². The second-order valence-corrected chi connectivity index (χ2v) is 5.89. The van der Waals surface area contributed by atoms with Crippen LogP contribution in [0.2, 0.25) is 0 Å². The molecule has 0 heterocycles. The molecule has 0 fully saturated rings. The summed E-state index contributed by atoms with van der Waals surface area (Å²) in [6, 6.07) is 15.6. The van der Waals surface area contributed by atoms with Gasteiger partial charge >= 0.3 is 0 Å². The van der Waals surface area contributed by atoms with Crippen LogP contribution in [0.4, 0.5) is 0 Å². The van der Waals surface area contributed by atoms with Crippen molar-refractivity contribution in [2.45, 2.75) is 39.5 Å². The van der Waals surface area contributed by atoms with Gasteiger partial charge in [-0.2, -0.15) is 0 Å². The minimum Gasteiger partial charge on any atom is -0.273 e. The molecule has 0 aromatic heterocycles. The van der Waals surface area contributed by atoms with Crippen molar-refractivity contribution in [3.8, 4) is 0 Å². The third-order valence-electron chi connectivity index (χ3n) is 3.93. The topological polar surface area (TPSA) is 58.2 Å². The largest absolute Gasteiger partial charge is 0.273 e. The lowest BCUT2D eigenvalue weighted by Gasteiger charge is -2.08. The van der Waals surface area contributed by atoms with Crippen molar-refractivity contribution in [2.24, 2.45) is 0 Å². The van der Waals surface area contributed by atoms with Crippen LogP contribution in [0.5, 0.6) is 0 Å². The van der Waals surface area contributed by atoms with Gasteiger partial charge < -0.3 is 0 Å². The molecule has 0 aliphatic heterocycles. The lowest BCUT2D eigenvalue weighted by molar-refractivity contribution is -0.121. The number of rotatable bonds is 6. The second-order valence-electron chi connectivity index (χ2n) is 5.89. The van der Waals surface area contributed by atoms with E-state index in [0.717, 1.165) is 19.3 Å². The lowest BCUT2D eigenvalue weighted by atomic mass is 10.1. The number of carbonyl (C=O) groups excluding carboxylic acids is 2. The van der Waals surface area contributed by atoms with Gasteiger partial charge in [-0.25, -0.2) is 0 Å². The van der Waals surface area contributed by atoms with Gasteiger partial charge in [-0.3, -0.25) is 20.4 Å². The first kappa shape index (κ1) is 17.7. The summed E-state index contributed by atoms with van der Waals surface area (Å²) in [5, 5.41) is 0. The minimum absolute atomic E-state index is 0.180. The first-order valence-electron chi connectivity index (χ1n) is 8.32. The lowest BCUT2D eigenvalue weighted by Crippen LogP contribution is -2.41. The van der Waals surface area contributed by atoms with E-state index in [1.165, 1.54) is 16.7 Å². The third-order valence-corrected chi connectivity index (χ3v) is 3.93. The van der Waals surface area contributed by atoms with Crippen LogP contribution in [-0.4, -0.2) is 11.8 Å². The van der Waals surface area contributed by atoms with Gasteiger partial charge in [-0.05, 0) is 49.4 Å². The monoisotopic (exact) mass is 324 g/mol. The Kier molecular flexibility index (Phi) is 6.55. The summed E-state index contributed by atoms with van der Waals surface area (Å²) in [6.07, 6.45) is 2.90. The molecule has 2 rings (SSSR count). The van der Waals surface area contributed by atoms with E-state index in [1.54, 1.807) is 12.1 Å². The number of amides is 2. The Hall–Kier alpha value is -2.62. The first-order chi connectivity index (χ1) is 11.6. The van der Waals surface area contributed by atoms with Crippen molar-refractivity contribution in [1.29, 1.82) is 0 Å². The van der Waals surface area contributed by atoms with Crippen molar-refractivity contribution in [3.63, 3.8) is 0 Å². The minimum atomic E-state index is -0.301. The van der Waals surface area contributed by atoms with Crippen molar-refractivity contribution in [1.82, 2.24) is 10.9 Å². The Labute approximate surface area is 143 Å². The smallest absolute Gasteiger partial charge is 0.269 e. The summed E-state index contributed by atoms with van der Waals surface area (Å²) in [4.78, 5) is 23.7. The average Bonchev–Trinajstić information content (AvgIpc) is 2.61. The van der Waals surface area contributed by atoms with E-state index in [1.807, 2.05) is 12.1 Å². The highest BCUT2D eigenvalue weighted by Gasteiger charge is 2.07. The van der Waals surface area contributed by atoms with E-state index >= 15 is 0 Å². The Morgan fingerprint density at radius 3 is 2.12 bits per heavy atom. The zero-order valence-electron chi connectivity index (χ0n) is 14.3. The second kappa shape index (κ2) is 8.87. The Morgan fingerprint density at radius 2 is 1.50 bits per heavy atom. The molecule has 4 heteroatoms. The standard InChI is InChI=1S/C20H24N2O2/c1-3-16-11-13-18(14-12-16)20(24)22-21-19(23)6-4-5-17-9-7-15(2)8-10-17/h7-14H,3-6H2,1-2H3,(H,21,23)(H,22,24). The molecule has 0 spiro atoms. The molecular formula is C20H24N2O2. The number of hydrogen-bond donors (Lipinski definition) is 2. The zero-order chi connectivity index (χ0) is 17.4. The normalized spacial score (nSPS) is 10.2. The third kappa shape index (κ3) is 5.54. The molecule has 0 aliphatic rings. The van der Waals surface area contributed by atoms with Crippen molar-refractivity contribution < 1.29 is 9.59 Å². The molecule has 2 aromatic carbocycles. The quantitative estimate of drug-likeness (QED) is 0.801. The number of hydrazine groups is 1. The molecule has 126 valence electrons. The molecule has 2 N–H and O–H groups in total. The van der Waals surface area contributed by atoms with Crippen LogP contribution in [-0.2, 0) is 17.6 Å². The van der Waals surface area contributed by atoms with E-state index in [0.29, 0.717) is 12.0 Å². The van der Waals surface area contributed by atoms with Crippen LogP contribution >= 0.6 is 0 Å². The maximum absolute atomic E-state index is 12.0. The van der Waals surface area contributed by atoms with Gasteiger partial charge in [-0.1, -0.05) is 48.9 Å². The summed E-state index contributed by atoms with van der Waals surface area (Å²) in [5.41, 5.74) is 9.07. The highest BCUT2D eigenvalue weighted by Crippen LogP contribution is 2.07. The van der Waals surface area contributed by atoms with Crippen molar-refractivity contribution in [3.05, 3.63) is 70.8 Å². The summed E-state index contributed by atoms with van der Waals surface area (Å²) in [6.45, 7) is 4.11. The van der Waals surface area contributed by atoms with Crippen LogP contribution in [0.15, 0.2) is 48.5 Å². The molecule has 0 radical (unpaired) electrons. The highest BCUT2D eigenvalue weighted by atomic mass is 16.2. The predicted octanol–water partition coefficient (Wildman–Crippen LogP) is 3.34. The van der Waals surface area contributed by atoms with E-state index in [2.05, 4.69) is 49.0 Å². The van der Waals surface area contributed by atoms with E-state index in [9.17, 15) is 9.59 Å². The molecule has 4 nitrogen and oxygen atoms in total. The van der Waals surface area contributed by atoms with Crippen LogP contribution in [0.25, 0.3) is 0 Å². The number of benzene rings is 2. The van der Waals surface area contributed by atoms with Crippen LogP contribution in [0, 0.1) is 6.92 Å². The zero-order valence-corrected chi connectivity index (χ0v) is 14.3. The molecule has 0 saturated carbocycles. The van der Waals surface area contributed by atoms with Gasteiger partial charge in [0.05, 0.1) is 0 Å².